The van der Waals surface area contributed by atoms with Crippen molar-refractivity contribution in [3.8, 4) is 11.1 Å². The predicted octanol–water partition coefficient (Wildman–Crippen LogP) is 5.68. The standard InChI is InChI=1S/C22H20N2/c1-13-7-5-8-17-16(4)20(12-24-21(13)17)19-11-14(2)22-18(15(19)3)9-6-10-23-22/h5-12H,1-4H3. The van der Waals surface area contributed by atoms with Gasteiger partial charge in [0.15, 0.2) is 0 Å². The number of rotatable bonds is 1. The summed E-state index contributed by atoms with van der Waals surface area (Å²) in [5, 5.41) is 2.45. The summed E-state index contributed by atoms with van der Waals surface area (Å²) in [5.74, 6) is 0. The van der Waals surface area contributed by atoms with Crippen molar-refractivity contribution in [2.75, 3.05) is 0 Å². The van der Waals surface area contributed by atoms with Crippen molar-refractivity contribution in [1.82, 2.24) is 9.97 Å². The van der Waals surface area contributed by atoms with E-state index in [1.54, 1.807) is 0 Å². The van der Waals surface area contributed by atoms with Gasteiger partial charge in [0.05, 0.1) is 11.0 Å². The van der Waals surface area contributed by atoms with E-state index in [0.717, 1.165) is 11.0 Å². The third-order valence-electron chi connectivity index (χ3n) is 5.01. The van der Waals surface area contributed by atoms with Crippen LogP contribution >= 0.6 is 0 Å². The average Bonchev–Trinajstić information content (AvgIpc) is 2.60. The van der Waals surface area contributed by atoms with Gasteiger partial charge in [-0.3, -0.25) is 9.97 Å². The molecule has 2 nitrogen and oxygen atoms in total. The van der Waals surface area contributed by atoms with E-state index in [1.165, 1.54) is 44.2 Å². The van der Waals surface area contributed by atoms with Crippen LogP contribution in [0.2, 0.25) is 0 Å². The van der Waals surface area contributed by atoms with Crippen LogP contribution in [0.3, 0.4) is 0 Å². The van der Waals surface area contributed by atoms with Gasteiger partial charge in [0.25, 0.3) is 0 Å². The van der Waals surface area contributed by atoms with Crippen molar-refractivity contribution >= 4 is 21.8 Å². The molecular formula is C22H20N2. The van der Waals surface area contributed by atoms with E-state index in [2.05, 4.69) is 63.0 Å². The van der Waals surface area contributed by atoms with Crippen molar-refractivity contribution in [2.24, 2.45) is 0 Å². The molecule has 0 N–H and O–H groups in total. The molecule has 0 aliphatic carbocycles. The lowest BCUT2D eigenvalue weighted by atomic mass is 9.91. The lowest BCUT2D eigenvalue weighted by molar-refractivity contribution is 1.31. The van der Waals surface area contributed by atoms with Crippen molar-refractivity contribution in [2.45, 2.75) is 27.7 Å². The molecule has 0 unspecified atom stereocenters. The largest absolute Gasteiger partial charge is 0.256 e. The highest BCUT2D eigenvalue weighted by Crippen LogP contribution is 2.35. The van der Waals surface area contributed by atoms with Gasteiger partial charge in [-0.25, -0.2) is 0 Å². The molecule has 0 aliphatic rings. The number of aromatic nitrogens is 2. The van der Waals surface area contributed by atoms with Crippen LogP contribution in [0.25, 0.3) is 32.9 Å². The van der Waals surface area contributed by atoms with E-state index >= 15 is 0 Å². The molecule has 0 amide bonds. The number of hydrogen-bond acceptors (Lipinski definition) is 2. The molecule has 2 aromatic carbocycles. The van der Waals surface area contributed by atoms with Crippen LogP contribution in [0, 0.1) is 27.7 Å². The van der Waals surface area contributed by atoms with Crippen LogP contribution in [0.1, 0.15) is 22.3 Å². The first-order chi connectivity index (χ1) is 11.6. The molecule has 0 radical (unpaired) electrons. The Hall–Kier alpha value is -2.74. The molecule has 2 heterocycles. The number of para-hydroxylation sites is 1. The van der Waals surface area contributed by atoms with E-state index in [4.69, 9.17) is 4.98 Å². The number of pyridine rings is 2. The molecule has 0 aliphatic heterocycles. The molecule has 2 aromatic heterocycles. The zero-order valence-corrected chi connectivity index (χ0v) is 14.5. The van der Waals surface area contributed by atoms with Crippen molar-refractivity contribution in [1.29, 1.82) is 0 Å². The molecule has 4 aromatic rings. The Morgan fingerprint density at radius 2 is 1.33 bits per heavy atom. The highest BCUT2D eigenvalue weighted by molar-refractivity contribution is 5.95. The fourth-order valence-electron chi connectivity index (χ4n) is 3.62. The SMILES string of the molecule is Cc1c(-c2cc(C)c3ncccc3c2C)cnc2c(C)cccc12. The normalized spacial score (nSPS) is 11.3. The molecule has 4 rings (SSSR count). The quantitative estimate of drug-likeness (QED) is 0.451. The molecule has 0 saturated heterocycles. The van der Waals surface area contributed by atoms with Crippen molar-refractivity contribution in [3.05, 3.63) is 71.0 Å². The third-order valence-corrected chi connectivity index (χ3v) is 5.01. The zero-order chi connectivity index (χ0) is 16.8. The Kier molecular flexibility index (Phi) is 3.34. The van der Waals surface area contributed by atoms with Crippen molar-refractivity contribution < 1.29 is 0 Å². The first-order valence-corrected chi connectivity index (χ1v) is 8.28. The van der Waals surface area contributed by atoms with Crippen LogP contribution < -0.4 is 0 Å². The minimum atomic E-state index is 1.08. The Morgan fingerprint density at radius 3 is 2.12 bits per heavy atom. The van der Waals surface area contributed by atoms with E-state index in [1.807, 2.05) is 18.5 Å². The summed E-state index contributed by atoms with van der Waals surface area (Å²) in [4.78, 5) is 9.30. The van der Waals surface area contributed by atoms with Gasteiger partial charge in [0.2, 0.25) is 0 Å². The Bertz CT molecular complexity index is 1090. The second-order valence-corrected chi connectivity index (χ2v) is 6.53. The summed E-state index contributed by atoms with van der Waals surface area (Å²) in [5.41, 5.74) is 9.61. The van der Waals surface area contributed by atoms with Crippen LogP contribution in [0.4, 0.5) is 0 Å². The van der Waals surface area contributed by atoms with Gasteiger partial charge in [0.1, 0.15) is 0 Å². The van der Waals surface area contributed by atoms with Gasteiger partial charge in [-0.2, -0.15) is 0 Å². The number of benzene rings is 2. The molecule has 118 valence electrons. The van der Waals surface area contributed by atoms with Gasteiger partial charge in [-0.05, 0) is 67.6 Å². The molecule has 0 atom stereocenters. The molecule has 0 spiro atoms. The lowest BCUT2D eigenvalue weighted by Crippen LogP contribution is -1.95. The second-order valence-electron chi connectivity index (χ2n) is 6.53. The highest BCUT2D eigenvalue weighted by Gasteiger charge is 2.13. The number of aryl methyl sites for hydroxylation is 4. The van der Waals surface area contributed by atoms with E-state index < -0.39 is 0 Å². The second kappa shape index (κ2) is 5.41. The maximum Gasteiger partial charge on any atom is 0.0734 e. The lowest BCUT2D eigenvalue weighted by Gasteiger charge is -2.15. The van der Waals surface area contributed by atoms with Gasteiger partial charge in [-0.15, -0.1) is 0 Å². The number of hydrogen-bond donors (Lipinski definition) is 0. The highest BCUT2D eigenvalue weighted by atomic mass is 14.7. The van der Waals surface area contributed by atoms with Gasteiger partial charge in [0, 0.05) is 28.7 Å². The fraction of sp³-hybridized carbons (Fsp3) is 0.182. The fourth-order valence-corrected chi connectivity index (χ4v) is 3.62. The van der Waals surface area contributed by atoms with Gasteiger partial charge >= 0.3 is 0 Å². The van der Waals surface area contributed by atoms with Gasteiger partial charge < -0.3 is 0 Å². The Morgan fingerprint density at radius 1 is 0.667 bits per heavy atom. The number of nitrogens with zero attached hydrogens (tertiary/aromatic N) is 2. The smallest absolute Gasteiger partial charge is 0.0734 e. The summed E-state index contributed by atoms with van der Waals surface area (Å²) >= 11 is 0. The zero-order valence-electron chi connectivity index (χ0n) is 14.5. The van der Waals surface area contributed by atoms with Crippen LogP contribution in [0.15, 0.2) is 48.8 Å². The molecule has 0 saturated carbocycles. The molecule has 0 fully saturated rings. The number of fused-ring (bicyclic) bond motifs is 2. The third kappa shape index (κ3) is 2.10. The van der Waals surface area contributed by atoms with E-state index in [0.29, 0.717) is 0 Å². The van der Waals surface area contributed by atoms with E-state index in [-0.39, 0.29) is 0 Å². The van der Waals surface area contributed by atoms with Crippen LogP contribution in [-0.4, -0.2) is 9.97 Å². The summed E-state index contributed by atoms with van der Waals surface area (Å²) < 4.78 is 0. The predicted molar refractivity (Wildman–Crippen MR) is 101 cm³/mol. The minimum Gasteiger partial charge on any atom is -0.256 e. The molecular weight excluding hydrogens is 292 g/mol. The summed E-state index contributed by atoms with van der Waals surface area (Å²) in [6, 6.07) is 12.8. The molecule has 2 heteroatoms. The summed E-state index contributed by atoms with van der Waals surface area (Å²) in [6.07, 6.45) is 3.88. The van der Waals surface area contributed by atoms with Gasteiger partial charge in [-0.1, -0.05) is 24.3 Å². The Balaban J connectivity index is 2.07. The van der Waals surface area contributed by atoms with Crippen molar-refractivity contribution in [3.63, 3.8) is 0 Å². The summed E-state index contributed by atoms with van der Waals surface area (Å²) in [6.45, 7) is 8.62. The average molecular weight is 312 g/mol. The topological polar surface area (TPSA) is 25.8 Å². The maximum atomic E-state index is 4.75. The van der Waals surface area contributed by atoms with Crippen LogP contribution in [-0.2, 0) is 0 Å². The summed E-state index contributed by atoms with van der Waals surface area (Å²) in [7, 11) is 0. The molecule has 0 bridgehead atoms. The minimum absolute atomic E-state index is 1.08. The first kappa shape index (κ1) is 14.8. The monoisotopic (exact) mass is 312 g/mol. The first-order valence-electron chi connectivity index (χ1n) is 8.28. The Labute approximate surface area is 142 Å². The van der Waals surface area contributed by atoms with E-state index in [9.17, 15) is 0 Å². The maximum absolute atomic E-state index is 4.75. The van der Waals surface area contributed by atoms with Crippen LogP contribution in [0.5, 0.6) is 0 Å². The molecule has 24 heavy (non-hydrogen) atoms.